The van der Waals surface area contributed by atoms with E-state index >= 15 is 0 Å². The van der Waals surface area contributed by atoms with E-state index in [0.717, 1.165) is 6.07 Å². The third-order valence-electron chi connectivity index (χ3n) is 6.00. The van der Waals surface area contributed by atoms with E-state index in [4.69, 9.17) is 19.6 Å². The number of amides is 2. The first-order valence-corrected chi connectivity index (χ1v) is 11.4. The first-order valence-electron chi connectivity index (χ1n) is 11.4. The second kappa shape index (κ2) is 10.3. The number of nitrogens with two attached hydrogens (primary N) is 1. The van der Waals surface area contributed by atoms with Crippen LogP contribution in [0, 0.1) is 0 Å². The van der Waals surface area contributed by atoms with E-state index in [1.165, 1.54) is 24.1 Å². The van der Waals surface area contributed by atoms with E-state index in [9.17, 15) is 22.8 Å². The molecule has 4 rings (SSSR count). The van der Waals surface area contributed by atoms with Crippen LogP contribution in [0.15, 0.2) is 28.7 Å². The number of halogens is 3. The number of benzene rings is 1. The van der Waals surface area contributed by atoms with Gasteiger partial charge in [-0.3, -0.25) is 9.59 Å². The van der Waals surface area contributed by atoms with Crippen LogP contribution in [-0.4, -0.2) is 78.6 Å². The Kier molecular flexibility index (Phi) is 7.37. The quantitative estimate of drug-likeness (QED) is 0.504. The minimum atomic E-state index is -4.65. The van der Waals surface area contributed by atoms with E-state index in [1.54, 1.807) is 25.0 Å². The molecule has 0 bridgehead atoms. The lowest BCUT2D eigenvalue weighted by Gasteiger charge is -2.34. The van der Waals surface area contributed by atoms with Gasteiger partial charge in [-0.15, -0.1) is 0 Å². The van der Waals surface area contributed by atoms with Gasteiger partial charge >= 0.3 is 6.18 Å². The molecule has 0 unspecified atom stereocenters. The van der Waals surface area contributed by atoms with Crippen LogP contribution in [0.5, 0.6) is 5.75 Å². The maximum atomic E-state index is 13.4. The lowest BCUT2D eigenvalue weighted by molar-refractivity contribution is -0.141. The minimum Gasteiger partial charge on any atom is -0.494 e. The average molecular weight is 521 g/mol. The van der Waals surface area contributed by atoms with Crippen molar-refractivity contribution in [2.24, 2.45) is 5.73 Å². The van der Waals surface area contributed by atoms with Crippen molar-refractivity contribution < 1.29 is 36.7 Å². The maximum absolute atomic E-state index is 13.4. The molecule has 1 atom stereocenters. The highest BCUT2D eigenvalue weighted by atomic mass is 19.4. The molecule has 37 heavy (non-hydrogen) atoms. The second-order valence-electron chi connectivity index (χ2n) is 8.53. The molecule has 10 nitrogen and oxygen atoms in total. The highest BCUT2D eigenvalue weighted by Crippen LogP contribution is 2.37. The topological polar surface area (TPSA) is 124 Å². The predicted molar refractivity (Wildman–Crippen MR) is 126 cm³/mol. The fraction of sp³-hybridized carbons (Fsp3) is 0.417. The van der Waals surface area contributed by atoms with Crippen molar-refractivity contribution in [1.82, 2.24) is 19.8 Å². The van der Waals surface area contributed by atoms with Crippen LogP contribution in [0.4, 0.5) is 13.2 Å². The lowest BCUT2D eigenvalue weighted by Crippen LogP contribution is -2.53. The Hall–Kier alpha value is -3.71. The highest BCUT2D eigenvalue weighted by Gasteiger charge is 2.34. The van der Waals surface area contributed by atoms with Crippen LogP contribution in [0.25, 0.3) is 22.4 Å². The summed E-state index contributed by atoms with van der Waals surface area (Å²) in [7, 11) is 2.86. The van der Waals surface area contributed by atoms with Crippen LogP contribution in [0.1, 0.15) is 34.9 Å². The Bertz CT molecular complexity index is 1320. The number of hydrogen-bond donors (Lipinski definition) is 1. The molecule has 2 N–H and O–H groups in total. The van der Waals surface area contributed by atoms with E-state index < -0.39 is 23.8 Å². The number of carbonyl (C=O) groups is 2. The third kappa shape index (κ3) is 5.23. The first kappa shape index (κ1) is 26.4. The monoisotopic (exact) mass is 521 g/mol. The Morgan fingerprint density at radius 1 is 1.19 bits per heavy atom. The van der Waals surface area contributed by atoms with Gasteiger partial charge in [0.25, 0.3) is 5.91 Å². The Morgan fingerprint density at radius 3 is 2.57 bits per heavy atom. The maximum Gasteiger partial charge on any atom is 0.433 e. The summed E-state index contributed by atoms with van der Waals surface area (Å²) in [6, 6.07) is 4.37. The van der Waals surface area contributed by atoms with Crippen molar-refractivity contribution in [3.63, 3.8) is 0 Å². The van der Waals surface area contributed by atoms with Crippen molar-refractivity contribution in [2.45, 2.75) is 19.1 Å². The Labute approximate surface area is 210 Å². The standard InChI is InChI=1S/C24H26F3N5O5/c1-13(28)21-20(23(34)32-9-8-31(10-11-35-2)18(33)12-32)30-22(37-21)15-4-6-16(36-3)19-14(15)5-7-17(29-19)24(25,26)27/h4-7,13H,8-12,28H2,1-3H3/t13-/m0/s1. The molecule has 1 aliphatic heterocycles. The molecule has 2 aromatic heterocycles. The number of alkyl halides is 3. The summed E-state index contributed by atoms with van der Waals surface area (Å²) in [4.78, 5) is 36.9. The average Bonchev–Trinajstić information content (AvgIpc) is 3.31. The highest BCUT2D eigenvalue weighted by molar-refractivity contribution is 5.99. The number of carbonyl (C=O) groups excluding carboxylic acids is 2. The normalized spacial score (nSPS) is 15.4. The van der Waals surface area contributed by atoms with Crippen molar-refractivity contribution in [3.8, 4) is 17.2 Å². The number of ether oxygens (including phenoxy) is 2. The number of fused-ring (bicyclic) bond motifs is 1. The van der Waals surface area contributed by atoms with Gasteiger partial charge in [0.1, 0.15) is 23.5 Å². The SMILES string of the molecule is COCCN1CCN(C(=O)c2nc(-c3ccc(OC)c4nc(C(F)(F)F)ccc34)oc2[C@H](C)N)CC1=O. The second-order valence-corrected chi connectivity index (χ2v) is 8.53. The summed E-state index contributed by atoms with van der Waals surface area (Å²) in [5, 5.41) is 0.283. The summed E-state index contributed by atoms with van der Waals surface area (Å²) >= 11 is 0. The number of piperazine rings is 1. The number of rotatable bonds is 7. The number of oxazole rings is 1. The van der Waals surface area contributed by atoms with Crippen LogP contribution >= 0.6 is 0 Å². The van der Waals surface area contributed by atoms with Crippen LogP contribution < -0.4 is 10.5 Å². The lowest BCUT2D eigenvalue weighted by atomic mass is 10.1. The molecule has 3 heterocycles. The zero-order valence-corrected chi connectivity index (χ0v) is 20.5. The van der Waals surface area contributed by atoms with Gasteiger partial charge in [0, 0.05) is 37.7 Å². The zero-order valence-electron chi connectivity index (χ0n) is 20.5. The molecular formula is C24H26F3N5O5. The molecule has 0 radical (unpaired) electrons. The van der Waals surface area contributed by atoms with Gasteiger partial charge in [-0.25, -0.2) is 9.97 Å². The minimum absolute atomic E-state index is 0.0186. The number of nitrogens with zero attached hydrogens (tertiary/aromatic N) is 4. The van der Waals surface area contributed by atoms with E-state index in [-0.39, 0.29) is 53.0 Å². The number of aromatic nitrogens is 2. The number of hydrogen-bond acceptors (Lipinski definition) is 8. The van der Waals surface area contributed by atoms with E-state index in [2.05, 4.69) is 9.97 Å². The molecule has 3 aromatic rings. The van der Waals surface area contributed by atoms with Gasteiger partial charge in [-0.1, -0.05) is 0 Å². The molecule has 1 aliphatic rings. The summed E-state index contributed by atoms with van der Waals surface area (Å²) in [5.41, 5.74) is 5.17. The van der Waals surface area contributed by atoms with Crippen molar-refractivity contribution in [1.29, 1.82) is 0 Å². The Morgan fingerprint density at radius 2 is 1.95 bits per heavy atom. The predicted octanol–water partition coefficient (Wildman–Crippen LogP) is 2.87. The molecule has 0 saturated carbocycles. The number of pyridine rings is 1. The van der Waals surface area contributed by atoms with E-state index in [0.29, 0.717) is 25.3 Å². The van der Waals surface area contributed by atoms with Gasteiger partial charge in [0.15, 0.2) is 11.5 Å². The van der Waals surface area contributed by atoms with Crippen molar-refractivity contribution in [2.75, 3.05) is 47.0 Å². The largest absolute Gasteiger partial charge is 0.494 e. The molecule has 2 amide bonds. The van der Waals surface area contributed by atoms with Crippen LogP contribution in [0.3, 0.4) is 0 Å². The van der Waals surface area contributed by atoms with Crippen molar-refractivity contribution >= 4 is 22.7 Å². The van der Waals surface area contributed by atoms with Gasteiger partial charge in [0.2, 0.25) is 11.8 Å². The molecule has 1 aromatic carbocycles. The van der Waals surface area contributed by atoms with Crippen LogP contribution in [0.2, 0.25) is 0 Å². The molecule has 1 fully saturated rings. The molecule has 0 spiro atoms. The van der Waals surface area contributed by atoms with E-state index in [1.807, 2.05) is 0 Å². The fourth-order valence-corrected chi connectivity index (χ4v) is 4.08. The number of methoxy groups -OCH3 is 2. The first-order chi connectivity index (χ1) is 17.5. The molecule has 0 aliphatic carbocycles. The summed E-state index contributed by atoms with van der Waals surface area (Å²) in [6.07, 6.45) is -4.65. The molecule has 13 heteroatoms. The zero-order chi connectivity index (χ0) is 26.9. The molecule has 198 valence electrons. The third-order valence-corrected chi connectivity index (χ3v) is 6.00. The van der Waals surface area contributed by atoms with Gasteiger partial charge in [0.05, 0.1) is 19.8 Å². The smallest absolute Gasteiger partial charge is 0.433 e. The van der Waals surface area contributed by atoms with Crippen LogP contribution in [-0.2, 0) is 15.7 Å². The summed E-state index contributed by atoms with van der Waals surface area (Å²) < 4.78 is 55.9. The Balaban J connectivity index is 1.72. The van der Waals surface area contributed by atoms with Gasteiger partial charge in [-0.05, 0) is 31.2 Å². The van der Waals surface area contributed by atoms with Crippen molar-refractivity contribution in [3.05, 3.63) is 41.4 Å². The van der Waals surface area contributed by atoms with Gasteiger partial charge < -0.3 is 29.4 Å². The molecule has 1 saturated heterocycles. The fourth-order valence-electron chi connectivity index (χ4n) is 4.08. The van der Waals surface area contributed by atoms with Gasteiger partial charge in [-0.2, -0.15) is 13.2 Å². The molecular weight excluding hydrogens is 495 g/mol. The summed E-state index contributed by atoms with van der Waals surface area (Å²) in [6.45, 7) is 2.89. The summed E-state index contributed by atoms with van der Waals surface area (Å²) in [5.74, 6) is -0.550.